The number of rotatable bonds is 5. The van der Waals surface area contributed by atoms with Gasteiger partial charge >= 0.3 is 0 Å². The summed E-state index contributed by atoms with van der Waals surface area (Å²) in [6.07, 6.45) is 3.19. The molecule has 0 bridgehead atoms. The largest absolute Gasteiger partial charge is 0.249 e. The Morgan fingerprint density at radius 3 is 2.58 bits per heavy atom. The van der Waals surface area contributed by atoms with Crippen LogP contribution in [0.25, 0.3) is 0 Å². The Labute approximate surface area is 153 Å². The minimum absolute atomic E-state index is 0.212. The van der Waals surface area contributed by atoms with Crippen molar-refractivity contribution in [3.8, 4) is 0 Å². The molecule has 0 N–H and O–H groups in total. The molecule has 0 amide bonds. The first-order chi connectivity index (χ1) is 11.5. The van der Waals surface area contributed by atoms with Crippen molar-refractivity contribution in [2.75, 3.05) is 13.1 Å². The van der Waals surface area contributed by atoms with Crippen molar-refractivity contribution < 1.29 is 12.8 Å². The summed E-state index contributed by atoms with van der Waals surface area (Å²) < 4.78 is 40.8. The van der Waals surface area contributed by atoms with Crippen LogP contribution >= 0.6 is 27.7 Å². The number of aromatic nitrogens is 1. The Balaban J connectivity index is 1.68. The van der Waals surface area contributed by atoms with E-state index in [4.69, 9.17) is 0 Å². The van der Waals surface area contributed by atoms with Gasteiger partial charge in [0.15, 0.2) is 0 Å². The maximum Gasteiger partial charge on any atom is 0.244 e. The molecule has 0 unspecified atom stereocenters. The van der Waals surface area contributed by atoms with Crippen molar-refractivity contribution in [1.29, 1.82) is 0 Å². The van der Waals surface area contributed by atoms with Crippen LogP contribution in [0.2, 0.25) is 0 Å². The number of sulfonamides is 1. The average Bonchev–Trinajstić information content (AvgIpc) is 3.10. The van der Waals surface area contributed by atoms with Gasteiger partial charge in [0.05, 0.1) is 5.03 Å². The molecule has 1 aromatic carbocycles. The molecule has 1 aromatic heterocycles. The van der Waals surface area contributed by atoms with Gasteiger partial charge in [-0.1, -0.05) is 22.0 Å². The maximum absolute atomic E-state index is 13.8. The van der Waals surface area contributed by atoms with Crippen molar-refractivity contribution in [3.63, 3.8) is 0 Å². The van der Waals surface area contributed by atoms with E-state index in [1.807, 2.05) is 0 Å². The van der Waals surface area contributed by atoms with Gasteiger partial charge < -0.3 is 0 Å². The number of pyridine rings is 1. The lowest BCUT2D eigenvalue weighted by Crippen LogP contribution is -2.27. The second-order valence-corrected chi connectivity index (χ2v) is 9.32. The number of thioether (sulfide) groups is 1. The van der Waals surface area contributed by atoms with Crippen LogP contribution in [0.15, 0.2) is 50.9 Å². The van der Waals surface area contributed by atoms with Crippen LogP contribution < -0.4 is 0 Å². The molecule has 8 heteroatoms. The van der Waals surface area contributed by atoms with E-state index in [1.165, 1.54) is 28.3 Å². The number of halogens is 2. The molecule has 1 aliphatic rings. The van der Waals surface area contributed by atoms with Crippen LogP contribution in [0.5, 0.6) is 0 Å². The predicted molar refractivity (Wildman–Crippen MR) is 95.9 cm³/mol. The van der Waals surface area contributed by atoms with Crippen molar-refractivity contribution >= 4 is 37.7 Å². The maximum atomic E-state index is 13.8. The van der Waals surface area contributed by atoms with E-state index in [0.717, 1.165) is 12.8 Å². The minimum atomic E-state index is -3.44. The van der Waals surface area contributed by atoms with E-state index < -0.39 is 10.0 Å². The smallest absolute Gasteiger partial charge is 0.244 e. The minimum Gasteiger partial charge on any atom is -0.249 e. The van der Waals surface area contributed by atoms with Crippen LogP contribution in [0.4, 0.5) is 4.39 Å². The highest BCUT2D eigenvalue weighted by Gasteiger charge is 2.27. The summed E-state index contributed by atoms with van der Waals surface area (Å²) in [6.45, 7) is 1.14. The van der Waals surface area contributed by atoms with Gasteiger partial charge in [0.25, 0.3) is 0 Å². The summed E-state index contributed by atoms with van der Waals surface area (Å²) in [4.78, 5) is 4.42. The molecule has 3 rings (SSSR count). The molecular weight excluding hydrogens is 415 g/mol. The topological polar surface area (TPSA) is 50.3 Å². The predicted octanol–water partition coefficient (Wildman–Crippen LogP) is 4.06. The molecule has 4 nitrogen and oxygen atoms in total. The number of benzene rings is 1. The van der Waals surface area contributed by atoms with Gasteiger partial charge in [0.1, 0.15) is 10.7 Å². The molecule has 0 atom stereocenters. The first kappa shape index (κ1) is 17.8. The van der Waals surface area contributed by atoms with E-state index in [9.17, 15) is 12.8 Å². The molecule has 128 valence electrons. The molecule has 2 aromatic rings. The zero-order chi connectivity index (χ0) is 17.2. The summed E-state index contributed by atoms with van der Waals surface area (Å²) in [7, 11) is -3.44. The quantitative estimate of drug-likeness (QED) is 0.671. The lowest BCUT2D eigenvalue weighted by atomic mass is 10.2. The molecule has 24 heavy (non-hydrogen) atoms. The number of nitrogens with zero attached hydrogens (tertiary/aromatic N) is 2. The van der Waals surface area contributed by atoms with Gasteiger partial charge in [-0.25, -0.2) is 17.8 Å². The highest BCUT2D eigenvalue weighted by atomic mass is 79.9. The van der Waals surface area contributed by atoms with Crippen LogP contribution in [0.1, 0.15) is 18.4 Å². The third-order valence-electron chi connectivity index (χ3n) is 3.80. The summed E-state index contributed by atoms with van der Waals surface area (Å²) in [5.74, 6) is 0.162. The lowest BCUT2D eigenvalue weighted by Gasteiger charge is -2.15. The van der Waals surface area contributed by atoms with Gasteiger partial charge in [0.2, 0.25) is 10.0 Å². The Kier molecular flexibility index (Phi) is 5.59. The molecule has 2 heterocycles. The Morgan fingerprint density at radius 2 is 1.96 bits per heavy atom. The van der Waals surface area contributed by atoms with Crippen LogP contribution in [-0.4, -0.2) is 30.8 Å². The fraction of sp³-hybridized carbons (Fsp3) is 0.312. The van der Waals surface area contributed by atoms with Crippen molar-refractivity contribution in [2.45, 2.75) is 28.5 Å². The summed E-state index contributed by atoms with van der Waals surface area (Å²) >= 11 is 4.60. The molecule has 0 spiro atoms. The van der Waals surface area contributed by atoms with E-state index in [2.05, 4.69) is 20.9 Å². The van der Waals surface area contributed by atoms with E-state index in [1.54, 1.807) is 24.3 Å². The van der Waals surface area contributed by atoms with Crippen LogP contribution in [0.3, 0.4) is 0 Å². The summed E-state index contributed by atoms with van der Waals surface area (Å²) in [5, 5.41) is 0.665. The molecule has 1 saturated heterocycles. The molecule has 0 radical (unpaired) electrons. The first-order valence-electron chi connectivity index (χ1n) is 7.50. The van der Waals surface area contributed by atoms with E-state index >= 15 is 0 Å². The second-order valence-electron chi connectivity index (χ2n) is 5.47. The van der Waals surface area contributed by atoms with Crippen LogP contribution in [0, 0.1) is 5.82 Å². The highest BCUT2D eigenvalue weighted by Crippen LogP contribution is 2.26. The van der Waals surface area contributed by atoms with Crippen molar-refractivity contribution in [2.24, 2.45) is 0 Å². The van der Waals surface area contributed by atoms with Crippen LogP contribution in [-0.2, 0) is 15.8 Å². The van der Waals surface area contributed by atoms with Crippen molar-refractivity contribution in [3.05, 3.63) is 52.4 Å². The SMILES string of the molecule is O=S(=O)(c1ccc(SCc2ccc(Br)cc2F)nc1)N1CCCC1. The number of hydrogen-bond donors (Lipinski definition) is 0. The van der Waals surface area contributed by atoms with Gasteiger partial charge in [-0.15, -0.1) is 11.8 Å². The number of hydrogen-bond acceptors (Lipinski definition) is 4. The summed E-state index contributed by atoms with van der Waals surface area (Å²) in [5.41, 5.74) is 0.582. The zero-order valence-electron chi connectivity index (χ0n) is 12.8. The van der Waals surface area contributed by atoms with Gasteiger partial charge in [0, 0.05) is 29.5 Å². The second kappa shape index (κ2) is 7.51. The molecule has 0 aliphatic carbocycles. The van der Waals surface area contributed by atoms with Crippen molar-refractivity contribution in [1.82, 2.24) is 9.29 Å². The Morgan fingerprint density at radius 1 is 1.21 bits per heavy atom. The van der Waals surface area contributed by atoms with Gasteiger partial charge in [-0.05, 0) is 42.7 Å². The monoisotopic (exact) mass is 430 g/mol. The summed E-state index contributed by atoms with van der Waals surface area (Å²) in [6, 6.07) is 8.18. The third kappa shape index (κ3) is 3.99. The Hall–Kier alpha value is -0.960. The Bertz CT molecular complexity index is 822. The standard InChI is InChI=1S/C16H16BrFN2O2S2/c17-13-4-3-12(15(18)9-13)11-23-16-6-5-14(10-19-16)24(21,22)20-7-1-2-8-20/h3-6,9-10H,1-2,7-8,11H2. The molecule has 1 aliphatic heterocycles. The lowest BCUT2D eigenvalue weighted by molar-refractivity contribution is 0.477. The van der Waals surface area contributed by atoms with Gasteiger partial charge in [-0.3, -0.25) is 0 Å². The average molecular weight is 431 g/mol. The molecule has 0 saturated carbocycles. The highest BCUT2D eigenvalue weighted by molar-refractivity contribution is 9.10. The molecule has 1 fully saturated rings. The molecular formula is C16H16BrFN2O2S2. The van der Waals surface area contributed by atoms with E-state index in [0.29, 0.717) is 33.9 Å². The zero-order valence-corrected chi connectivity index (χ0v) is 16.0. The fourth-order valence-corrected chi connectivity index (χ4v) is 5.10. The fourth-order valence-electron chi connectivity index (χ4n) is 2.47. The van der Waals surface area contributed by atoms with Gasteiger partial charge in [-0.2, -0.15) is 4.31 Å². The third-order valence-corrected chi connectivity index (χ3v) is 7.17. The normalized spacial score (nSPS) is 15.8. The van der Waals surface area contributed by atoms with E-state index in [-0.39, 0.29) is 10.7 Å². The first-order valence-corrected chi connectivity index (χ1v) is 10.7.